The van der Waals surface area contributed by atoms with E-state index in [1.165, 1.54) is 18.9 Å². The summed E-state index contributed by atoms with van der Waals surface area (Å²) in [5.41, 5.74) is 1.61. The predicted octanol–water partition coefficient (Wildman–Crippen LogP) is 5.79. The van der Waals surface area contributed by atoms with E-state index in [1.807, 2.05) is 38.2 Å². The molecule has 2 bridgehead atoms. The summed E-state index contributed by atoms with van der Waals surface area (Å²) in [6.07, 6.45) is 18.2. The van der Waals surface area contributed by atoms with E-state index in [2.05, 4.69) is 16.0 Å². The summed E-state index contributed by atoms with van der Waals surface area (Å²) in [6, 6.07) is 1.57. The molecular formula is C39H49N3O8S. The van der Waals surface area contributed by atoms with Crippen LogP contribution in [0.3, 0.4) is 0 Å². The number of ether oxygens (including phenoxy) is 2. The number of allylic oxidation sites excluding steroid dienone is 6. The second kappa shape index (κ2) is 17.4. The Morgan fingerprint density at radius 1 is 1.00 bits per heavy atom. The van der Waals surface area contributed by atoms with Crippen LogP contribution in [0.2, 0.25) is 0 Å². The van der Waals surface area contributed by atoms with Crippen LogP contribution in [-0.4, -0.2) is 70.6 Å². The molecule has 1 fully saturated rings. The molecule has 1 aromatic rings. The zero-order valence-electron chi connectivity index (χ0n) is 29.5. The van der Waals surface area contributed by atoms with Crippen molar-refractivity contribution < 1.29 is 38.9 Å². The normalized spacial score (nSPS) is 28.5. The molecule has 11 nitrogen and oxygen atoms in total. The number of anilines is 2. The van der Waals surface area contributed by atoms with E-state index in [4.69, 9.17) is 9.47 Å². The van der Waals surface area contributed by atoms with Crippen molar-refractivity contribution in [3.8, 4) is 5.75 Å². The number of phenolic OH excluding ortho intramolecular Hbond substituents is 1. The number of hydrogen-bond donors (Lipinski definition) is 5. The first-order valence-corrected chi connectivity index (χ1v) is 18.7. The van der Waals surface area contributed by atoms with Gasteiger partial charge >= 0.3 is 5.97 Å². The van der Waals surface area contributed by atoms with Crippen LogP contribution in [0.5, 0.6) is 5.75 Å². The van der Waals surface area contributed by atoms with Crippen molar-refractivity contribution in [2.24, 2.45) is 5.92 Å². The zero-order valence-corrected chi connectivity index (χ0v) is 30.4. The first kappa shape index (κ1) is 38.1. The van der Waals surface area contributed by atoms with Gasteiger partial charge in [0.15, 0.2) is 0 Å². The summed E-state index contributed by atoms with van der Waals surface area (Å²) in [4.78, 5) is 52.6. The van der Waals surface area contributed by atoms with Gasteiger partial charge in [0.2, 0.25) is 17.7 Å². The van der Waals surface area contributed by atoms with Crippen LogP contribution >= 0.6 is 11.8 Å². The lowest BCUT2D eigenvalue weighted by Gasteiger charge is -2.30. The third-order valence-corrected chi connectivity index (χ3v) is 11.0. The fourth-order valence-electron chi connectivity index (χ4n) is 6.49. The number of benzene rings is 1. The molecule has 0 aromatic heterocycles. The van der Waals surface area contributed by atoms with Crippen LogP contribution in [0.1, 0.15) is 77.2 Å². The second-order valence-corrected chi connectivity index (χ2v) is 14.7. The Labute approximate surface area is 303 Å². The number of rotatable bonds is 5. The predicted molar refractivity (Wildman–Crippen MR) is 197 cm³/mol. The van der Waals surface area contributed by atoms with Gasteiger partial charge in [-0.3, -0.25) is 14.4 Å². The van der Waals surface area contributed by atoms with Crippen LogP contribution in [0.25, 0.3) is 0 Å². The Kier molecular flexibility index (Phi) is 13.0. The maximum Gasteiger partial charge on any atom is 0.332 e. The summed E-state index contributed by atoms with van der Waals surface area (Å²) < 4.78 is 11.6. The van der Waals surface area contributed by atoms with Gasteiger partial charge in [0.1, 0.15) is 17.4 Å². The topological polar surface area (TPSA) is 163 Å². The minimum absolute atomic E-state index is 0.00600. The molecule has 0 spiro atoms. The van der Waals surface area contributed by atoms with Gasteiger partial charge in [-0.1, -0.05) is 55.5 Å². The van der Waals surface area contributed by atoms with Crippen LogP contribution in [0, 0.1) is 5.92 Å². The Morgan fingerprint density at radius 3 is 2.49 bits per heavy atom. The molecule has 12 heteroatoms. The molecule has 0 saturated heterocycles. The SMILES string of the molecule is CO[C@H]1/C=C/C=C\C=C/C[C@H](OC(=O)C2(NC(=O)C3=CCCCC3)CC2)[C@@H](C)[C@@H](O)/C(C)=C/CCc2c(O)c(cc3c2SCC(=O)N3)NC(=O)C1. The van der Waals surface area contributed by atoms with E-state index >= 15 is 0 Å². The molecule has 51 heavy (non-hydrogen) atoms. The maximum absolute atomic E-state index is 13.6. The first-order chi connectivity index (χ1) is 24.5. The number of aliphatic hydroxyl groups excluding tert-OH is 1. The van der Waals surface area contributed by atoms with Crippen molar-refractivity contribution in [3.63, 3.8) is 0 Å². The smallest absolute Gasteiger partial charge is 0.332 e. The van der Waals surface area contributed by atoms with Crippen LogP contribution in [-0.2, 0) is 35.1 Å². The van der Waals surface area contributed by atoms with E-state index in [-0.39, 0.29) is 41.3 Å². The van der Waals surface area contributed by atoms with Crippen molar-refractivity contribution in [3.05, 3.63) is 71.4 Å². The fourth-order valence-corrected chi connectivity index (χ4v) is 7.48. The van der Waals surface area contributed by atoms with E-state index in [1.54, 1.807) is 30.4 Å². The molecule has 4 aliphatic rings. The van der Waals surface area contributed by atoms with E-state index < -0.39 is 35.7 Å². The summed E-state index contributed by atoms with van der Waals surface area (Å²) in [6.45, 7) is 3.65. The van der Waals surface area contributed by atoms with E-state index in [9.17, 15) is 29.4 Å². The summed E-state index contributed by atoms with van der Waals surface area (Å²) in [5, 5.41) is 31.4. The van der Waals surface area contributed by atoms with Crippen molar-refractivity contribution in [2.45, 2.75) is 107 Å². The summed E-state index contributed by atoms with van der Waals surface area (Å²) >= 11 is 1.32. The quantitative estimate of drug-likeness (QED) is 0.110. The number of carbonyl (C=O) groups is 4. The second-order valence-electron chi connectivity index (χ2n) is 13.7. The van der Waals surface area contributed by atoms with Crippen molar-refractivity contribution in [1.29, 1.82) is 0 Å². The van der Waals surface area contributed by atoms with Gasteiger partial charge in [0, 0.05) is 35.5 Å². The number of methoxy groups -OCH3 is 1. The van der Waals surface area contributed by atoms with E-state index in [0.717, 1.165) is 29.7 Å². The molecule has 1 saturated carbocycles. The number of hydrogen-bond acceptors (Lipinski definition) is 9. The fraction of sp³-hybridized carbons (Fsp3) is 0.487. The van der Waals surface area contributed by atoms with Gasteiger partial charge in [-0.15, -0.1) is 11.8 Å². The van der Waals surface area contributed by atoms with Crippen molar-refractivity contribution >= 4 is 46.8 Å². The van der Waals surface area contributed by atoms with Crippen molar-refractivity contribution in [1.82, 2.24) is 5.32 Å². The number of aliphatic hydroxyl groups is 1. The van der Waals surface area contributed by atoms with Gasteiger partial charge in [-0.2, -0.15) is 0 Å². The number of fused-ring (bicyclic) bond motifs is 4. The third kappa shape index (κ3) is 9.81. The van der Waals surface area contributed by atoms with Gasteiger partial charge in [0.25, 0.3) is 0 Å². The van der Waals surface area contributed by atoms with Crippen LogP contribution < -0.4 is 16.0 Å². The largest absolute Gasteiger partial charge is 0.505 e. The number of phenols is 1. The molecule has 4 atom stereocenters. The number of carbonyl (C=O) groups excluding carboxylic acids is 4. The highest BCUT2D eigenvalue weighted by atomic mass is 32.2. The molecule has 2 aliphatic heterocycles. The highest BCUT2D eigenvalue weighted by Crippen LogP contribution is 2.44. The molecule has 274 valence electrons. The average molecular weight is 720 g/mol. The first-order valence-electron chi connectivity index (χ1n) is 17.7. The molecule has 0 unspecified atom stereocenters. The lowest BCUT2D eigenvalue weighted by molar-refractivity contribution is -0.158. The highest BCUT2D eigenvalue weighted by Gasteiger charge is 2.54. The molecule has 1 aromatic carbocycles. The molecular weight excluding hydrogens is 671 g/mol. The van der Waals surface area contributed by atoms with Gasteiger partial charge < -0.3 is 35.6 Å². The number of aromatic hydroxyl groups is 1. The summed E-state index contributed by atoms with van der Waals surface area (Å²) in [7, 11) is 1.51. The third-order valence-electron chi connectivity index (χ3n) is 9.84. The van der Waals surface area contributed by atoms with Gasteiger partial charge in [-0.25, -0.2) is 4.79 Å². The minimum Gasteiger partial charge on any atom is -0.505 e. The monoisotopic (exact) mass is 719 g/mol. The molecule has 2 aliphatic carbocycles. The number of nitrogens with one attached hydrogen (secondary N) is 3. The lowest BCUT2D eigenvalue weighted by Crippen LogP contribution is -2.47. The van der Waals surface area contributed by atoms with Crippen LogP contribution in [0.4, 0.5) is 11.4 Å². The molecule has 5 N–H and O–H groups in total. The molecule has 0 radical (unpaired) electrons. The Bertz CT molecular complexity index is 1660. The van der Waals surface area contributed by atoms with Gasteiger partial charge in [-0.05, 0) is 69.9 Å². The Morgan fingerprint density at radius 2 is 1.76 bits per heavy atom. The summed E-state index contributed by atoms with van der Waals surface area (Å²) in [5.74, 6) is -1.63. The van der Waals surface area contributed by atoms with Gasteiger partial charge in [0.05, 0.1) is 35.8 Å². The van der Waals surface area contributed by atoms with Crippen molar-refractivity contribution in [2.75, 3.05) is 23.5 Å². The van der Waals surface area contributed by atoms with Crippen LogP contribution in [0.15, 0.2) is 70.7 Å². The highest BCUT2D eigenvalue weighted by molar-refractivity contribution is 8.00. The van der Waals surface area contributed by atoms with E-state index in [0.29, 0.717) is 55.3 Å². The molecule has 5 rings (SSSR count). The zero-order chi connectivity index (χ0) is 36.5. The lowest BCUT2D eigenvalue weighted by atomic mass is 9.90. The maximum atomic E-state index is 13.6. The average Bonchev–Trinajstić information content (AvgIpc) is 3.91. The number of thioether (sulfide) groups is 1. The Balaban J connectivity index is 1.39. The molecule has 3 amide bonds. The molecule has 2 heterocycles. The minimum atomic E-state index is -1.05. The Hall–Kier alpha value is -4.13. The number of amides is 3. The number of esters is 1. The standard InChI is InChI=1S/C39H49N3O8S/c1-24-13-12-17-28-35(46)29(22-30-36(28)51-23-33(44)41-30)40-32(43)21-27(49-3)16-10-5-4-6-11-18-31(25(2)34(24)45)50-38(48)39(19-20-39)42-37(47)26-14-8-7-9-15-26/h4-6,10-11,13-14,16,22,25,27,31,34,45-46H,7-9,12,15,17-21,23H2,1-3H3,(H,40,43)(H,41,44)(H,42,47)/b5-4-,11-6-,16-10+,24-13+/t25-,27+,31+,34+/m1/s1.